The number of nitrogens with zero attached hydrogens (tertiary/aromatic N) is 6. The minimum absolute atomic E-state index is 0.183. The number of hydrogen-bond donors (Lipinski definition) is 1. The quantitative estimate of drug-likeness (QED) is 0.164. The normalized spacial score (nSPS) is 13.4. The third-order valence-electron chi connectivity index (χ3n) is 10.4. The van der Waals surface area contributed by atoms with E-state index >= 15 is 0 Å². The Hall–Kier alpha value is -6.68. The van der Waals surface area contributed by atoms with Crippen LogP contribution in [0.15, 0.2) is 109 Å². The van der Waals surface area contributed by atoms with Crippen molar-refractivity contribution < 1.29 is 19.4 Å². The monoisotopic (exact) mass is 712 g/mol. The van der Waals surface area contributed by atoms with Crippen molar-refractivity contribution in [2.24, 2.45) is 0 Å². The first-order valence-corrected chi connectivity index (χ1v) is 18.1. The minimum atomic E-state index is -1.02. The fourth-order valence-corrected chi connectivity index (χ4v) is 7.80. The number of carbonyl (C=O) groups is 1. The Morgan fingerprint density at radius 3 is 1.96 bits per heavy atom. The van der Waals surface area contributed by atoms with Gasteiger partial charge in [-0.25, -0.2) is 19.7 Å². The topological polar surface area (TPSA) is 125 Å². The predicted molar refractivity (Wildman–Crippen MR) is 210 cm³/mol. The van der Waals surface area contributed by atoms with E-state index in [0.717, 1.165) is 87.5 Å². The fraction of sp³-hybridized carbons (Fsp3) is 0.182. The molecule has 266 valence electrons. The number of hydrogen-bond acceptors (Lipinski definition) is 8. The first kappa shape index (κ1) is 33.2. The van der Waals surface area contributed by atoms with Gasteiger partial charge in [-0.3, -0.25) is 9.97 Å². The van der Waals surface area contributed by atoms with Gasteiger partial charge in [0.1, 0.15) is 17.3 Å². The molecule has 1 fully saturated rings. The van der Waals surface area contributed by atoms with Gasteiger partial charge in [0, 0.05) is 40.7 Å². The molecule has 0 amide bonds. The highest BCUT2D eigenvalue weighted by atomic mass is 16.5. The molecule has 5 aromatic carbocycles. The summed E-state index contributed by atoms with van der Waals surface area (Å²) >= 11 is 0. The average molecular weight is 713 g/mol. The van der Waals surface area contributed by atoms with Crippen molar-refractivity contribution >= 4 is 39.1 Å². The zero-order chi connectivity index (χ0) is 36.8. The van der Waals surface area contributed by atoms with E-state index in [-0.39, 0.29) is 11.6 Å². The Kier molecular flexibility index (Phi) is 8.42. The van der Waals surface area contributed by atoms with Gasteiger partial charge in [-0.2, -0.15) is 0 Å². The summed E-state index contributed by atoms with van der Waals surface area (Å²) in [6, 6.07) is 31.2. The van der Waals surface area contributed by atoms with Gasteiger partial charge in [0.2, 0.25) is 0 Å². The van der Waals surface area contributed by atoms with Gasteiger partial charge in [0.05, 0.1) is 64.3 Å². The zero-order valence-corrected chi connectivity index (χ0v) is 29.9. The van der Waals surface area contributed by atoms with Crippen LogP contribution in [0.3, 0.4) is 0 Å². The summed E-state index contributed by atoms with van der Waals surface area (Å²) in [5.74, 6) is 1.20. The third-order valence-corrected chi connectivity index (χ3v) is 10.4. The molecule has 0 spiro atoms. The molecule has 0 aliphatic heterocycles. The van der Waals surface area contributed by atoms with Gasteiger partial charge in [-0.15, -0.1) is 0 Å². The standard InChI is InChI=1S/C44H36N6O4/c1-53-31-12-6-8-27(22-31)40-41(28-9-7-13-32(23-28)54-2)48-37-25-29(15-18-35(37)47-40)43-49-42-38(50(43)30-10-4-3-5-11-30)19-16-33(44(51)52)39(42)26-14-17-34-36(24-26)46-21-20-45-34/h6-9,12-25,30H,3-5,10-11H2,1-2H3,(H,51,52). The van der Waals surface area contributed by atoms with Crippen LogP contribution in [-0.4, -0.2) is 54.8 Å². The molecule has 1 saturated carbocycles. The summed E-state index contributed by atoms with van der Waals surface area (Å²) in [7, 11) is 3.30. The lowest BCUT2D eigenvalue weighted by Gasteiger charge is -2.26. The maximum absolute atomic E-state index is 12.8. The lowest BCUT2D eigenvalue weighted by molar-refractivity contribution is 0.0698. The van der Waals surface area contributed by atoms with E-state index in [9.17, 15) is 9.90 Å². The molecule has 8 aromatic rings. The minimum Gasteiger partial charge on any atom is -0.497 e. The van der Waals surface area contributed by atoms with Crippen molar-refractivity contribution in [1.82, 2.24) is 29.5 Å². The van der Waals surface area contributed by atoms with Crippen LogP contribution in [0.25, 0.3) is 78.1 Å². The Morgan fingerprint density at radius 1 is 0.648 bits per heavy atom. The smallest absolute Gasteiger partial charge is 0.336 e. The predicted octanol–water partition coefficient (Wildman–Crippen LogP) is 9.81. The molecule has 0 saturated heterocycles. The lowest BCUT2D eigenvalue weighted by atomic mass is 9.94. The van der Waals surface area contributed by atoms with Crippen molar-refractivity contribution in [2.75, 3.05) is 14.2 Å². The van der Waals surface area contributed by atoms with E-state index in [2.05, 4.69) is 14.5 Å². The molecule has 3 aromatic heterocycles. The van der Waals surface area contributed by atoms with Gasteiger partial charge < -0.3 is 19.1 Å². The molecule has 9 rings (SSSR count). The number of aromatic nitrogens is 6. The molecule has 0 unspecified atom stereocenters. The van der Waals surface area contributed by atoms with Crippen molar-refractivity contribution in [3.63, 3.8) is 0 Å². The molecule has 0 atom stereocenters. The van der Waals surface area contributed by atoms with Gasteiger partial charge in [-0.1, -0.05) is 49.6 Å². The molecule has 1 aliphatic carbocycles. The highest BCUT2D eigenvalue weighted by molar-refractivity contribution is 6.07. The number of carboxylic acids is 1. The molecule has 10 nitrogen and oxygen atoms in total. The number of ether oxygens (including phenoxy) is 2. The van der Waals surface area contributed by atoms with Crippen molar-refractivity contribution in [1.29, 1.82) is 0 Å². The van der Waals surface area contributed by atoms with Crippen molar-refractivity contribution in [2.45, 2.75) is 38.1 Å². The number of rotatable bonds is 8. The Morgan fingerprint density at radius 2 is 1.28 bits per heavy atom. The van der Waals surface area contributed by atoms with Crippen LogP contribution in [0.2, 0.25) is 0 Å². The summed E-state index contributed by atoms with van der Waals surface area (Å²) in [6.45, 7) is 0. The number of imidazole rings is 1. The largest absolute Gasteiger partial charge is 0.497 e. The Bertz CT molecular complexity index is 2740. The third kappa shape index (κ3) is 5.85. The SMILES string of the molecule is COc1cccc(-c2nc3ccc(-c4nc5c(-c6ccc7nccnc7c6)c(C(=O)O)ccc5n4C4CCCCC4)cc3nc2-c2cccc(OC)c2)c1. The van der Waals surface area contributed by atoms with E-state index in [1.165, 1.54) is 6.42 Å². The molecule has 54 heavy (non-hydrogen) atoms. The van der Waals surface area contributed by atoms with E-state index in [1.54, 1.807) is 32.7 Å². The molecule has 1 aliphatic rings. The van der Waals surface area contributed by atoms with E-state index in [0.29, 0.717) is 27.8 Å². The molecule has 10 heteroatoms. The van der Waals surface area contributed by atoms with Gasteiger partial charge in [0.25, 0.3) is 0 Å². The number of benzene rings is 5. The van der Waals surface area contributed by atoms with Crippen molar-refractivity contribution in [3.05, 3.63) is 115 Å². The number of aromatic carboxylic acids is 1. The van der Waals surface area contributed by atoms with Crippen LogP contribution in [0.4, 0.5) is 0 Å². The van der Waals surface area contributed by atoms with Crippen LogP contribution in [-0.2, 0) is 0 Å². The molecular formula is C44H36N6O4. The van der Waals surface area contributed by atoms with E-state index < -0.39 is 5.97 Å². The highest BCUT2D eigenvalue weighted by Gasteiger charge is 2.27. The Balaban J connectivity index is 1.28. The van der Waals surface area contributed by atoms with Crippen LogP contribution in [0.5, 0.6) is 11.5 Å². The zero-order valence-electron chi connectivity index (χ0n) is 29.9. The Labute approximate surface area is 311 Å². The second-order valence-corrected chi connectivity index (χ2v) is 13.6. The second kappa shape index (κ2) is 13.7. The van der Waals surface area contributed by atoms with Gasteiger partial charge >= 0.3 is 5.97 Å². The van der Waals surface area contributed by atoms with Gasteiger partial charge in [-0.05, 0) is 85.1 Å². The lowest BCUT2D eigenvalue weighted by Crippen LogP contribution is -2.14. The van der Waals surface area contributed by atoms with E-state index in [1.807, 2.05) is 91.0 Å². The summed E-state index contributed by atoms with van der Waals surface area (Å²) in [5.41, 5.74) is 9.91. The summed E-state index contributed by atoms with van der Waals surface area (Å²) in [5, 5.41) is 10.5. The molecule has 1 N–H and O–H groups in total. The van der Waals surface area contributed by atoms with Crippen LogP contribution >= 0.6 is 0 Å². The van der Waals surface area contributed by atoms with Gasteiger partial charge in [0.15, 0.2) is 0 Å². The fourth-order valence-electron chi connectivity index (χ4n) is 7.80. The molecule has 3 heterocycles. The summed E-state index contributed by atoms with van der Waals surface area (Å²) < 4.78 is 13.5. The van der Waals surface area contributed by atoms with Crippen molar-refractivity contribution in [3.8, 4) is 56.5 Å². The second-order valence-electron chi connectivity index (χ2n) is 13.6. The van der Waals surface area contributed by atoms with Crippen LogP contribution in [0.1, 0.15) is 48.5 Å². The summed E-state index contributed by atoms with van der Waals surface area (Å²) in [4.78, 5) is 37.5. The average Bonchev–Trinajstić information content (AvgIpc) is 3.62. The molecule has 0 radical (unpaired) electrons. The highest BCUT2D eigenvalue weighted by Crippen LogP contribution is 2.41. The maximum atomic E-state index is 12.8. The molecule has 0 bridgehead atoms. The molecular weight excluding hydrogens is 677 g/mol. The summed E-state index contributed by atoms with van der Waals surface area (Å²) in [6.07, 6.45) is 8.74. The first-order valence-electron chi connectivity index (χ1n) is 18.1. The first-order chi connectivity index (χ1) is 26.5. The van der Waals surface area contributed by atoms with E-state index in [4.69, 9.17) is 24.4 Å². The number of carboxylic acid groups (broad SMARTS) is 1. The van der Waals surface area contributed by atoms with Crippen LogP contribution < -0.4 is 9.47 Å². The maximum Gasteiger partial charge on any atom is 0.336 e. The number of fused-ring (bicyclic) bond motifs is 3. The van der Waals surface area contributed by atoms with Crippen LogP contribution in [0, 0.1) is 0 Å². The number of methoxy groups -OCH3 is 2.